The molecule has 4 heteroatoms. The summed E-state index contributed by atoms with van der Waals surface area (Å²) < 4.78 is 13.8. The molecule has 0 atom stereocenters. The van der Waals surface area contributed by atoms with Gasteiger partial charge >= 0.3 is 0 Å². The zero-order chi connectivity index (χ0) is 14.8. The van der Waals surface area contributed by atoms with Gasteiger partial charge in [-0.1, -0.05) is 12.1 Å². The first-order chi connectivity index (χ1) is 10.2. The van der Waals surface area contributed by atoms with Gasteiger partial charge < -0.3 is 5.32 Å². The molecule has 0 amide bonds. The summed E-state index contributed by atoms with van der Waals surface area (Å²) in [6, 6.07) is 14.9. The molecular weight excluding hydrogens is 331 g/mol. The van der Waals surface area contributed by atoms with Crippen LogP contribution in [0.4, 0.5) is 10.1 Å². The van der Waals surface area contributed by atoms with Crippen LogP contribution in [0.3, 0.4) is 0 Å². The summed E-state index contributed by atoms with van der Waals surface area (Å²) in [7, 11) is 0. The SMILES string of the molecule is N#Cc1ccc(NC2CC(c3ccc(F)cc3)C2)c(Br)c1. The highest BCUT2D eigenvalue weighted by Gasteiger charge is 2.30. The van der Waals surface area contributed by atoms with E-state index in [1.165, 1.54) is 17.7 Å². The van der Waals surface area contributed by atoms with Crippen LogP contribution in [0.25, 0.3) is 0 Å². The third-order valence-electron chi connectivity index (χ3n) is 3.94. The van der Waals surface area contributed by atoms with Crippen LogP contribution in [0.2, 0.25) is 0 Å². The Labute approximate surface area is 131 Å². The predicted molar refractivity (Wildman–Crippen MR) is 84.6 cm³/mol. The van der Waals surface area contributed by atoms with Crippen molar-refractivity contribution in [3.8, 4) is 6.07 Å². The van der Waals surface area contributed by atoms with E-state index in [4.69, 9.17) is 5.26 Å². The molecule has 0 saturated heterocycles. The second kappa shape index (κ2) is 5.87. The lowest BCUT2D eigenvalue weighted by Crippen LogP contribution is -2.34. The number of rotatable bonds is 3. The maximum atomic E-state index is 12.9. The van der Waals surface area contributed by atoms with Crippen molar-refractivity contribution >= 4 is 21.6 Å². The molecule has 2 aromatic rings. The Bertz CT molecular complexity index is 685. The number of hydrogen-bond donors (Lipinski definition) is 1. The Hall–Kier alpha value is -1.86. The van der Waals surface area contributed by atoms with Gasteiger partial charge in [-0.05, 0) is 70.6 Å². The largest absolute Gasteiger partial charge is 0.381 e. The Morgan fingerprint density at radius 2 is 1.86 bits per heavy atom. The van der Waals surface area contributed by atoms with Gasteiger partial charge in [0, 0.05) is 16.2 Å². The van der Waals surface area contributed by atoms with Crippen molar-refractivity contribution in [2.75, 3.05) is 5.32 Å². The monoisotopic (exact) mass is 344 g/mol. The van der Waals surface area contributed by atoms with E-state index in [1.807, 2.05) is 30.3 Å². The first-order valence-electron chi connectivity index (χ1n) is 6.87. The van der Waals surface area contributed by atoms with Gasteiger partial charge in [0.2, 0.25) is 0 Å². The average molecular weight is 345 g/mol. The normalized spacial score (nSPS) is 20.4. The van der Waals surface area contributed by atoms with Crippen LogP contribution >= 0.6 is 15.9 Å². The molecule has 21 heavy (non-hydrogen) atoms. The average Bonchev–Trinajstić information content (AvgIpc) is 2.45. The Kier molecular flexibility index (Phi) is 3.94. The first kappa shape index (κ1) is 14.1. The molecule has 1 aliphatic carbocycles. The highest BCUT2D eigenvalue weighted by molar-refractivity contribution is 9.10. The number of nitrogens with one attached hydrogen (secondary N) is 1. The fourth-order valence-electron chi connectivity index (χ4n) is 2.66. The number of nitriles is 1. The van der Waals surface area contributed by atoms with Crippen LogP contribution in [0, 0.1) is 17.1 Å². The molecule has 0 radical (unpaired) electrons. The predicted octanol–water partition coefficient (Wildman–Crippen LogP) is 4.82. The minimum atomic E-state index is -0.186. The summed E-state index contributed by atoms with van der Waals surface area (Å²) in [6.45, 7) is 0. The zero-order valence-electron chi connectivity index (χ0n) is 11.3. The molecule has 0 bridgehead atoms. The van der Waals surface area contributed by atoms with Crippen LogP contribution in [0.5, 0.6) is 0 Å². The molecule has 3 rings (SSSR count). The van der Waals surface area contributed by atoms with E-state index in [0.717, 1.165) is 23.0 Å². The number of nitrogens with zero attached hydrogens (tertiary/aromatic N) is 1. The van der Waals surface area contributed by atoms with E-state index in [1.54, 1.807) is 0 Å². The maximum Gasteiger partial charge on any atom is 0.123 e. The van der Waals surface area contributed by atoms with Gasteiger partial charge in [-0.2, -0.15) is 5.26 Å². The second-order valence-electron chi connectivity index (χ2n) is 5.37. The smallest absolute Gasteiger partial charge is 0.123 e. The van der Waals surface area contributed by atoms with Gasteiger partial charge in [0.1, 0.15) is 5.82 Å². The molecular formula is C17H14BrFN2. The fraction of sp³-hybridized carbons (Fsp3) is 0.235. The van der Waals surface area contributed by atoms with Gasteiger partial charge in [0.05, 0.1) is 11.6 Å². The van der Waals surface area contributed by atoms with E-state index in [-0.39, 0.29) is 5.82 Å². The van der Waals surface area contributed by atoms with E-state index in [9.17, 15) is 4.39 Å². The Balaban J connectivity index is 1.60. The lowest BCUT2D eigenvalue weighted by molar-refractivity contribution is 0.374. The Morgan fingerprint density at radius 3 is 2.48 bits per heavy atom. The molecule has 2 nitrogen and oxygen atoms in total. The lowest BCUT2D eigenvalue weighted by Gasteiger charge is -2.37. The third kappa shape index (κ3) is 3.08. The quantitative estimate of drug-likeness (QED) is 0.866. The fourth-order valence-corrected chi connectivity index (χ4v) is 3.16. The van der Waals surface area contributed by atoms with Crippen molar-refractivity contribution in [2.45, 2.75) is 24.8 Å². The van der Waals surface area contributed by atoms with Gasteiger partial charge in [-0.15, -0.1) is 0 Å². The summed E-state index contributed by atoms with van der Waals surface area (Å²) in [5.74, 6) is 0.314. The van der Waals surface area contributed by atoms with E-state index >= 15 is 0 Å². The van der Waals surface area contributed by atoms with Gasteiger partial charge in [-0.25, -0.2) is 4.39 Å². The van der Waals surface area contributed by atoms with Crippen molar-refractivity contribution < 1.29 is 4.39 Å². The van der Waals surface area contributed by atoms with Crippen LogP contribution in [0.1, 0.15) is 29.9 Å². The standard InChI is InChI=1S/C17H14BrFN2/c18-16-7-11(10-20)1-6-17(16)21-15-8-13(9-15)12-2-4-14(19)5-3-12/h1-7,13,15,21H,8-9H2. The van der Waals surface area contributed by atoms with Gasteiger partial charge in [0.25, 0.3) is 0 Å². The summed E-state index contributed by atoms with van der Waals surface area (Å²) in [5, 5.41) is 12.3. The highest BCUT2D eigenvalue weighted by atomic mass is 79.9. The minimum Gasteiger partial charge on any atom is -0.381 e. The highest BCUT2D eigenvalue weighted by Crippen LogP contribution is 2.39. The molecule has 0 aliphatic heterocycles. The minimum absolute atomic E-state index is 0.186. The molecule has 2 aromatic carbocycles. The number of anilines is 1. The molecule has 0 aromatic heterocycles. The molecule has 0 spiro atoms. The van der Waals surface area contributed by atoms with Crippen molar-refractivity contribution in [1.29, 1.82) is 5.26 Å². The van der Waals surface area contributed by atoms with E-state index in [0.29, 0.717) is 17.5 Å². The third-order valence-corrected chi connectivity index (χ3v) is 4.59. The summed E-state index contributed by atoms with van der Waals surface area (Å²) in [5.41, 5.74) is 2.86. The summed E-state index contributed by atoms with van der Waals surface area (Å²) >= 11 is 3.48. The topological polar surface area (TPSA) is 35.8 Å². The van der Waals surface area contributed by atoms with Crippen molar-refractivity contribution in [2.24, 2.45) is 0 Å². The van der Waals surface area contributed by atoms with Crippen LogP contribution < -0.4 is 5.32 Å². The van der Waals surface area contributed by atoms with Crippen molar-refractivity contribution in [1.82, 2.24) is 0 Å². The van der Waals surface area contributed by atoms with E-state index in [2.05, 4.69) is 27.3 Å². The molecule has 0 heterocycles. The van der Waals surface area contributed by atoms with Crippen LogP contribution in [-0.2, 0) is 0 Å². The molecule has 1 N–H and O–H groups in total. The van der Waals surface area contributed by atoms with Crippen LogP contribution in [0.15, 0.2) is 46.9 Å². The first-order valence-corrected chi connectivity index (χ1v) is 7.66. The summed E-state index contributed by atoms with van der Waals surface area (Å²) in [6.07, 6.45) is 2.08. The maximum absolute atomic E-state index is 12.9. The number of hydrogen-bond acceptors (Lipinski definition) is 2. The van der Waals surface area contributed by atoms with Crippen LogP contribution in [-0.4, -0.2) is 6.04 Å². The van der Waals surface area contributed by atoms with Gasteiger partial charge in [-0.3, -0.25) is 0 Å². The van der Waals surface area contributed by atoms with Crippen molar-refractivity contribution in [3.63, 3.8) is 0 Å². The Morgan fingerprint density at radius 1 is 1.14 bits per heavy atom. The van der Waals surface area contributed by atoms with E-state index < -0.39 is 0 Å². The molecule has 1 saturated carbocycles. The lowest BCUT2D eigenvalue weighted by atomic mass is 9.76. The number of halogens is 2. The molecule has 106 valence electrons. The summed E-state index contributed by atoms with van der Waals surface area (Å²) in [4.78, 5) is 0. The molecule has 1 fully saturated rings. The number of benzene rings is 2. The molecule has 0 unspecified atom stereocenters. The van der Waals surface area contributed by atoms with Crippen molar-refractivity contribution in [3.05, 3.63) is 63.9 Å². The van der Waals surface area contributed by atoms with Gasteiger partial charge in [0.15, 0.2) is 0 Å². The second-order valence-corrected chi connectivity index (χ2v) is 6.22. The zero-order valence-corrected chi connectivity index (χ0v) is 12.9. The molecule has 1 aliphatic rings.